The van der Waals surface area contributed by atoms with E-state index in [2.05, 4.69) is 28.6 Å². The molecular weight excluding hydrogens is 276 g/mol. The average molecular weight is 300 g/mol. The minimum absolute atomic E-state index is 0.0256. The summed E-state index contributed by atoms with van der Waals surface area (Å²) >= 11 is 0. The molecule has 0 spiro atoms. The monoisotopic (exact) mass is 300 g/mol. The predicted octanol–water partition coefficient (Wildman–Crippen LogP) is 1.08. The summed E-state index contributed by atoms with van der Waals surface area (Å²) in [5, 5.41) is 4.09. The number of likely N-dealkylation sites (tertiary alicyclic amines) is 1. The van der Waals surface area contributed by atoms with E-state index in [-0.39, 0.29) is 17.0 Å². The molecule has 1 fully saturated rings. The fraction of sp³-hybridized carbons (Fsp3) is 0.769. The van der Waals surface area contributed by atoms with Gasteiger partial charge in [0.15, 0.2) is 0 Å². The summed E-state index contributed by atoms with van der Waals surface area (Å²) in [7, 11) is -3.48. The van der Waals surface area contributed by atoms with Crippen molar-refractivity contribution in [2.45, 2.75) is 44.7 Å². The van der Waals surface area contributed by atoms with Gasteiger partial charge in [-0.3, -0.25) is 4.68 Å². The third kappa shape index (κ3) is 3.21. The molecule has 0 aromatic carbocycles. The number of nitrogens with one attached hydrogen (secondary N) is 1. The number of likely N-dealkylation sites (N-methyl/N-ethyl adjacent to an activating group) is 1. The molecule has 114 valence electrons. The van der Waals surface area contributed by atoms with Crippen molar-refractivity contribution < 1.29 is 8.42 Å². The first-order valence-corrected chi connectivity index (χ1v) is 8.60. The maximum atomic E-state index is 12.4. The number of nitrogens with zero attached hydrogens (tertiary/aromatic N) is 3. The van der Waals surface area contributed by atoms with Crippen molar-refractivity contribution in [1.82, 2.24) is 19.4 Å². The van der Waals surface area contributed by atoms with E-state index in [4.69, 9.17) is 0 Å². The lowest BCUT2D eigenvalue weighted by atomic mass is 10.1. The Bertz CT molecular complexity index is 552. The highest BCUT2D eigenvalue weighted by Gasteiger charge is 2.32. The minimum atomic E-state index is -3.48. The third-order valence-corrected chi connectivity index (χ3v) is 5.30. The van der Waals surface area contributed by atoms with Crippen LogP contribution in [0.4, 0.5) is 0 Å². The number of rotatable bonds is 5. The Kier molecular flexibility index (Phi) is 4.51. The lowest BCUT2D eigenvalue weighted by Gasteiger charge is -2.16. The first-order valence-electron chi connectivity index (χ1n) is 7.12. The topological polar surface area (TPSA) is 67.2 Å². The van der Waals surface area contributed by atoms with Crippen molar-refractivity contribution in [1.29, 1.82) is 0 Å². The molecule has 0 saturated carbocycles. The molecule has 7 heteroatoms. The van der Waals surface area contributed by atoms with E-state index in [9.17, 15) is 8.42 Å². The summed E-state index contributed by atoms with van der Waals surface area (Å²) in [5.74, 6) is 0.324. The van der Waals surface area contributed by atoms with Crippen LogP contribution in [-0.4, -0.2) is 48.8 Å². The van der Waals surface area contributed by atoms with Gasteiger partial charge in [-0.2, -0.15) is 5.10 Å². The molecule has 6 nitrogen and oxygen atoms in total. The van der Waals surface area contributed by atoms with Crippen LogP contribution in [0.2, 0.25) is 0 Å². The molecule has 1 aromatic heterocycles. The molecule has 2 heterocycles. The van der Waals surface area contributed by atoms with Crippen molar-refractivity contribution in [3.05, 3.63) is 12.4 Å². The van der Waals surface area contributed by atoms with Gasteiger partial charge in [-0.25, -0.2) is 13.1 Å². The smallest absolute Gasteiger partial charge is 0.243 e. The predicted molar refractivity (Wildman–Crippen MR) is 78.0 cm³/mol. The molecule has 0 amide bonds. The van der Waals surface area contributed by atoms with Gasteiger partial charge in [-0.15, -0.1) is 0 Å². The van der Waals surface area contributed by atoms with Crippen molar-refractivity contribution in [2.24, 2.45) is 5.92 Å². The molecule has 1 aliphatic rings. The minimum Gasteiger partial charge on any atom is -0.302 e. The standard InChI is InChI=1S/C13H24N4O2S/c1-5-16-7-11(4)13(9-16)15-20(18,19)12-6-14-17(8-12)10(2)3/h6,8,10-11,13,15H,5,7,9H2,1-4H3. The van der Waals surface area contributed by atoms with Crippen molar-refractivity contribution >= 4 is 10.0 Å². The average Bonchev–Trinajstić information content (AvgIpc) is 2.97. The Morgan fingerprint density at radius 1 is 1.45 bits per heavy atom. The summed E-state index contributed by atoms with van der Waals surface area (Å²) in [6.45, 7) is 10.8. The second kappa shape index (κ2) is 5.83. The van der Waals surface area contributed by atoms with Gasteiger partial charge in [0.25, 0.3) is 0 Å². The van der Waals surface area contributed by atoms with Crippen LogP contribution in [0.15, 0.2) is 17.3 Å². The molecule has 2 atom stereocenters. The zero-order chi connectivity index (χ0) is 14.9. The fourth-order valence-electron chi connectivity index (χ4n) is 2.49. The zero-order valence-corrected chi connectivity index (χ0v) is 13.4. The lowest BCUT2D eigenvalue weighted by Crippen LogP contribution is -2.39. The molecule has 1 saturated heterocycles. The molecule has 1 N–H and O–H groups in total. The van der Waals surface area contributed by atoms with Crippen LogP contribution < -0.4 is 4.72 Å². The Morgan fingerprint density at radius 3 is 2.65 bits per heavy atom. The van der Waals surface area contributed by atoms with Gasteiger partial charge in [-0.05, 0) is 26.3 Å². The van der Waals surface area contributed by atoms with E-state index in [1.165, 1.54) is 6.20 Å². The first-order chi connectivity index (χ1) is 9.33. The van der Waals surface area contributed by atoms with E-state index in [1.807, 2.05) is 13.8 Å². The second-order valence-corrected chi connectivity index (χ2v) is 7.52. The van der Waals surface area contributed by atoms with E-state index < -0.39 is 10.0 Å². The summed E-state index contributed by atoms with van der Waals surface area (Å²) in [4.78, 5) is 2.50. The second-order valence-electron chi connectivity index (χ2n) is 5.81. The Hall–Kier alpha value is -0.920. The fourth-order valence-corrected chi connectivity index (χ4v) is 3.76. The van der Waals surface area contributed by atoms with Crippen LogP contribution in [0, 0.1) is 5.92 Å². The third-order valence-electron chi connectivity index (χ3n) is 3.86. The first kappa shape index (κ1) is 15.5. The van der Waals surface area contributed by atoms with E-state index in [0.29, 0.717) is 5.92 Å². The summed E-state index contributed by atoms with van der Waals surface area (Å²) in [6, 6.07) is 0.127. The van der Waals surface area contributed by atoms with Crippen LogP contribution in [0.25, 0.3) is 0 Å². The molecule has 20 heavy (non-hydrogen) atoms. The molecule has 0 aliphatic carbocycles. The maximum Gasteiger partial charge on any atom is 0.243 e. The normalized spacial score (nSPS) is 24.6. The van der Waals surface area contributed by atoms with Crippen LogP contribution in [0.3, 0.4) is 0 Å². The molecule has 1 aliphatic heterocycles. The number of sulfonamides is 1. The van der Waals surface area contributed by atoms with Gasteiger partial charge in [-0.1, -0.05) is 13.8 Å². The molecule has 1 aromatic rings. The molecule has 2 unspecified atom stereocenters. The number of hydrogen-bond acceptors (Lipinski definition) is 4. The van der Waals surface area contributed by atoms with Crippen molar-refractivity contribution in [2.75, 3.05) is 19.6 Å². The van der Waals surface area contributed by atoms with E-state index in [0.717, 1.165) is 19.6 Å². The quantitative estimate of drug-likeness (QED) is 0.883. The van der Waals surface area contributed by atoms with Crippen LogP contribution in [0.5, 0.6) is 0 Å². The van der Waals surface area contributed by atoms with Gasteiger partial charge >= 0.3 is 0 Å². The van der Waals surface area contributed by atoms with Gasteiger partial charge in [0, 0.05) is 31.4 Å². The molecule has 0 bridgehead atoms. The SMILES string of the molecule is CCN1CC(C)C(NS(=O)(=O)c2cnn(C(C)C)c2)C1. The number of aromatic nitrogens is 2. The summed E-state index contributed by atoms with van der Waals surface area (Å²) < 4.78 is 29.2. The zero-order valence-electron chi connectivity index (χ0n) is 12.6. The Labute approximate surface area is 121 Å². The van der Waals surface area contributed by atoms with Gasteiger partial charge in [0.05, 0.1) is 6.20 Å². The van der Waals surface area contributed by atoms with Gasteiger partial charge < -0.3 is 4.90 Å². The maximum absolute atomic E-state index is 12.4. The molecular formula is C13H24N4O2S. The van der Waals surface area contributed by atoms with Crippen LogP contribution in [0.1, 0.15) is 33.7 Å². The van der Waals surface area contributed by atoms with Crippen LogP contribution >= 0.6 is 0 Å². The largest absolute Gasteiger partial charge is 0.302 e. The van der Waals surface area contributed by atoms with Gasteiger partial charge in [0.1, 0.15) is 4.90 Å². The highest BCUT2D eigenvalue weighted by molar-refractivity contribution is 7.89. The number of hydrogen-bond donors (Lipinski definition) is 1. The van der Waals surface area contributed by atoms with E-state index >= 15 is 0 Å². The van der Waals surface area contributed by atoms with Crippen molar-refractivity contribution in [3.8, 4) is 0 Å². The highest BCUT2D eigenvalue weighted by atomic mass is 32.2. The highest BCUT2D eigenvalue weighted by Crippen LogP contribution is 2.19. The van der Waals surface area contributed by atoms with Crippen LogP contribution in [-0.2, 0) is 10.0 Å². The lowest BCUT2D eigenvalue weighted by molar-refractivity contribution is 0.344. The Balaban J connectivity index is 2.11. The van der Waals surface area contributed by atoms with Crippen molar-refractivity contribution in [3.63, 3.8) is 0 Å². The summed E-state index contributed by atoms with van der Waals surface area (Å²) in [5.41, 5.74) is 0. The Morgan fingerprint density at radius 2 is 2.15 bits per heavy atom. The molecule has 0 radical (unpaired) electrons. The van der Waals surface area contributed by atoms with E-state index in [1.54, 1.807) is 10.9 Å². The summed E-state index contributed by atoms with van der Waals surface area (Å²) in [6.07, 6.45) is 3.00. The van der Waals surface area contributed by atoms with Gasteiger partial charge in [0.2, 0.25) is 10.0 Å². The molecule has 2 rings (SSSR count).